The molecule has 0 aliphatic heterocycles. The molecule has 0 aliphatic carbocycles. The Bertz CT molecular complexity index is 341. The van der Waals surface area contributed by atoms with E-state index in [1.54, 1.807) is 6.07 Å². The van der Waals surface area contributed by atoms with Crippen molar-refractivity contribution < 1.29 is 4.39 Å². The molecule has 1 rings (SSSR count). The average Bonchev–Trinajstić information content (AvgIpc) is 2.34. The summed E-state index contributed by atoms with van der Waals surface area (Å²) < 4.78 is 13.2. The van der Waals surface area contributed by atoms with Crippen LogP contribution in [-0.2, 0) is 6.54 Å². The zero-order chi connectivity index (χ0) is 12.7. The maximum atomic E-state index is 13.2. The number of halogens is 1. The molecule has 0 saturated heterocycles. The monoisotopic (exact) mass is 239 g/mol. The Morgan fingerprint density at radius 1 is 1.35 bits per heavy atom. The topological polar surface area (TPSA) is 28.2 Å². The van der Waals surface area contributed by atoms with E-state index in [9.17, 15) is 4.39 Å². The fourth-order valence-corrected chi connectivity index (χ4v) is 1.83. The highest BCUT2D eigenvalue weighted by Gasteiger charge is 2.11. The van der Waals surface area contributed by atoms with Crippen molar-refractivity contribution in [2.24, 2.45) is 0 Å². The molecule has 0 unspecified atom stereocenters. The molecule has 0 radical (unpaired) electrons. The molecule has 0 bridgehead atoms. The summed E-state index contributed by atoms with van der Waals surface area (Å²) in [4.78, 5) is 6.42. The van der Waals surface area contributed by atoms with Gasteiger partial charge >= 0.3 is 0 Å². The van der Waals surface area contributed by atoms with Crippen LogP contribution in [0.15, 0.2) is 12.3 Å². The molecule has 1 aromatic heterocycles. The third-order valence-electron chi connectivity index (χ3n) is 2.65. The van der Waals surface area contributed by atoms with Crippen LogP contribution < -0.4 is 10.2 Å². The van der Waals surface area contributed by atoms with Crippen molar-refractivity contribution in [3.8, 4) is 0 Å². The van der Waals surface area contributed by atoms with Crippen molar-refractivity contribution in [2.75, 3.05) is 24.5 Å². The summed E-state index contributed by atoms with van der Waals surface area (Å²) in [6, 6.07) is 1.57. The molecular weight excluding hydrogens is 217 g/mol. The van der Waals surface area contributed by atoms with Crippen molar-refractivity contribution in [3.63, 3.8) is 0 Å². The van der Waals surface area contributed by atoms with Gasteiger partial charge in [0.05, 0.1) is 6.20 Å². The van der Waals surface area contributed by atoms with Gasteiger partial charge in [0, 0.05) is 25.2 Å². The van der Waals surface area contributed by atoms with Gasteiger partial charge in [-0.3, -0.25) is 0 Å². The number of aromatic nitrogens is 1. The normalized spacial score (nSPS) is 10.6. The van der Waals surface area contributed by atoms with Gasteiger partial charge in [0.1, 0.15) is 11.6 Å². The van der Waals surface area contributed by atoms with E-state index >= 15 is 0 Å². The highest BCUT2D eigenvalue weighted by Crippen LogP contribution is 2.18. The van der Waals surface area contributed by atoms with Crippen LogP contribution in [0.1, 0.15) is 32.8 Å². The van der Waals surface area contributed by atoms with Crippen LogP contribution in [0.3, 0.4) is 0 Å². The second kappa shape index (κ2) is 7.22. The second-order valence-corrected chi connectivity index (χ2v) is 4.00. The van der Waals surface area contributed by atoms with Gasteiger partial charge < -0.3 is 10.2 Å². The van der Waals surface area contributed by atoms with Crippen LogP contribution in [0.4, 0.5) is 10.2 Å². The van der Waals surface area contributed by atoms with Crippen molar-refractivity contribution in [2.45, 2.75) is 33.7 Å². The predicted molar refractivity (Wildman–Crippen MR) is 69.8 cm³/mol. The largest absolute Gasteiger partial charge is 0.357 e. The molecule has 0 aromatic carbocycles. The smallest absolute Gasteiger partial charge is 0.141 e. The minimum atomic E-state index is -0.269. The number of hydrogen-bond acceptors (Lipinski definition) is 3. The molecular formula is C13H22FN3. The summed E-state index contributed by atoms with van der Waals surface area (Å²) in [6.07, 6.45) is 2.36. The molecule has 0 fully saturated rings. The first-order valence-electron chi connectivity index (χ1n) is 6.32. The minimum Gasteiger partial charge on any atom is -0.357 e. The molecule has 0 saturated carbocycles. The summed E-state index contributed by atoms with van der Waals surface area (Å²) in [5, 5.41) is 3.22. The van der Waals surface area contributed by atoms with Crippen LogP contribution in [-0.4, -0.2) is 24.6 Å². The van der Waals surface area contributed by atoms with E-state index in [0.717, 1.165) is 37.4 Å². The predicted octanol–water partition coefficient (Wildman–Crippen LogP) is 2.57. The Kier molecular flexibility index (Phi) is 5.91. The molecule has 0 aliphatic rings. The van der Waals surface area contributed by atoms with Crippen LogP contribution in [0.5, 0.6) is 0 Å². The van der Waals surface area contributed by atoms with Gasteiger partial charge in [0.15, 0.2) is 0 Å². The number of nitrogens with zero attached hydrogens (tertiary/aromatic N) is 2. The third-order valence-corrected chi connectivity index (χ3v) is 2.65. The zero-order valence-corrected chi connectivity index (χ0v) is 11.0. The van der Waals surface area contributed by atoms with E-state index in [-0.39, 0.29) is 5.82 Å². The molecule has 17 heavy (non-hydrogen) atoms. The lowest BCUT2D eigenvalue weighted by Gasteiger charge is -2.24. The van der Waals surface area contributed by atoms with Crippen LogP contribution in [0.2, 0.25) is 0 Å². The van der Waals surface area contributed by atoms with Gasteiger partial charge in [0.25, 0.3) is 0 Å². The first-order chi connectivity index (χ1) is 8.22. The lowest BCUT2D eigenvalue weighted by atomic mass is 10.2. The fraction of sp³-hybridized carbons (Fsp3) is 0.615. The van der Waals surface area contributed by atoms with E-state index in [0.29, 0.717) is 6.54 Å². The maximum absolute atomic E-state index is 13.2. The molecule has 3 nitrogen and oxygen atoms in total. The van der Waals surface area contributed by atoms with Crippen LogP contribution in [0, 0.1) is 5.82 Å². The number of nitrogens with one attached hydrogen (secondary N) is 1. The Morgan fingerprint density at radius 3 is 2.71 bits per heavy atom. The Labute approximate surface area is 103 Å². The van der Waals surface area contributed by atoms with Crippen molar-refractivity contribution in [1.29, 1.82) is 0 Å². The van der Waals surface area contributed by atoms with Gasteiger partial charge in [-0.05, 0) is 26.0 Å². The minimum absolute atomic E-state index is 0.269. The zero-order valence-electron chi connectivity index (χ0n) is 11.0. The first kappa shape index (κ1) is 13.9. The Morgan fingerprint density at radius 2 is 2.12 bits per heavy atom. The summed E-state index contributed by atoms with van der Waals surface area (Å²) in [6.45, 7) is 9.65. The molecule has 0 spiro atoms. The van der Waals surface area contributed by atoms with E-state index in [2.05, 4.69) is 29.0 Å². The molecule has 1 aromatic rings. The molecule has 1 heterocycles. The number of anilines is 1. The lowest BCUT2D eigenvalue weighted by Crippen LogP contribution is -2.27. The summed E-state index contributed by atoms with van der Waals surface area (Å²) in [7, 11) is 0. The van der Waals surface area contributed by atoms with E-state index in [1.165, 1.54) is 6.20 Å². The summed E-state index contributed by atoms with van der Waals surface area (Å²) >= 11 is 0. The van der Waals surface area contributed by atoms with Gasteiger partial charge in [-0.1, -0.05) is 13.8 Å². The highest BCUT2D eigenvalue weighted by atomic mass is 19.1. The van der Waals surface area contributed by atoms with Gasteiger partial charge in [0.2, 0.25) is 0 Å². The molecule has 0 amide bonds. The van der Waals surface area contributed by atoms with Crippen molar-refractivity contribution >= 4 is 5.82 Å². The molecule has 0 atom stereocenters. The Hall–Kier alpha value is -1.16. The summed E-state index contributed by atoms with van der Waals surface area (Å²) in [5.41, 5.74) is 0.933. The third kappa shape index (κ3) is 3.97. The van der Waals surface area contributed by atoms with E-state index < -0.39 is 0 Å². The van der Waals surface area contributed by atoms with Crippen LogP contribution >= 0.6 is 0 Å². The van der Waals surface area contributed by atoms with Crippen molar-refractivity contribution in [1.82, 2.24) is 10.3 Å². The SMILES string of the molecule is CCCN(CC)c1ncc(F)cc1CNCC. The summed E-state index contributed by atoms with van der Waals surface area (Å²) in [5.74, 6) is 0.630. The molecule has 4 heteroatoms. The Balaban J connectivity index is 2.94. The van der Waals surface area contributed by atoms with Crippen molar-refractivity contribution in [3.05, 3.63) is 23.6 Å². The second-order valence-electron chi connectivity index (χ2n) is 4.00. The first-order valence-corrected chi connectivity index (χ1v) is 6.32. The van der Waals surface area contributed by atoms with E-state index in [1.807, 2.05) is 6.92 Å². The average molecular weight is 239 g/mol. The number of rotatable bonds is 7. The quantitative estimate of drug-likeness (QED) is 0.792. The standard InChI is InChI=1S/C13H22FN3/c1-4-7-17(6-3)13-11(9-15-5-2)8-12(14)10-16-13/h8,10,15H,4-7,9H2,1-3H3. The number of pyridine rings is 1. The van der Waals surface area contributed by atoms with Gasteiger partial charge in [-0.25, -0.2) is 9.37 Å². The molecule has 1 N–H and O–H groups in total. The van der Waals surface area contributed by atoms with Gasteiger partial charge in [-0.15, -0.1) is 0 Å². The fourth-order valence-electron chi connectivity index (χ4n) is 1.83. The highest BCUT2D eigenvalue weighted by molar-refractivity contribution is 5.46. The van der Waals surface area contributed by atoms with E-state index in [4.69, 9.17) is 0 Å². The number of hydrogen-bond donors (Lipinski definition) is 1. The van der Waals surface area contributed by atoms with Gasteiger partial charge in [-0.2, -0.15) is 0 Å². The lowest BCUT2D eigenvalue weighted by molar-refractivity contribution is 0.612. The maximum Gasteiger partial charge on any atom is 0.141 e. The van der Waals surface area contributed by atoms with Crippen LogP contribution in [0.25, 0.3) is 0 Å². The molecule has 96 valence electrons.